The summed E-state index contributed by atoms with van der Waals surface area (Å²) in [4.78, 5) is 15.8. The molecule has 1 atom stereocenters. The summed E-state index contributed by atoms with van der Waals surface area (Å²) in [5, 5.41) is 3.46. The maximum absolute atomic E-state index is 11.9. The third kappa shape index (κ3) is 3.26. The highest BCUT2D eigenvalue weighted by Gasteiger charge is 2.24. The Kier molecular flexibility index (Phi) is 4.43. The van der Waals surface area contributed by atoms with Crippen molar-refractivity contribution < 1.29 is 4.79 Å². The Morgan fingerprint density at radius 3 is 2.79 bits per heavy atom. The van der Waals surface area contributed by atoms with Crippen LogP contribution in [0.15, 0.2) is 24.3 Å². The number of carbonyl (C=O) groups excluding carboxylic acids is 1. The number of likely N-dealkylation sites (N-methyl/N-ethyl adjacent to an activating group) is 2. The topological polar surface area (TPSA) is 35.6 Å². The predicted molar refractivity (Wildman–Crippen MR) is 78.4 cm³/mol. The summed E-state index contributed by atoms with van der Waals surface area (Å²) in [5.41, 5.74) is 2.57. The van der Waals surface area contributed by atoms with Gasteiger partial charge in [-0.3, -0.25) is 9.69 Å². The van der Waals surface area contributed by atoms with Gasteiger partial charge in [-0.2, -0.15) is 0 Å². The molecule has 1 aliphatic rings. The van der Waals surface area contributed by atoms with E-state index in [0.29, 0.717) is 12.6 Å². The monoisotopic (exact) mass is 261 g/mol. The quantitative estimate of drug-likeness (QED) is 0.890. The first kappa shape index (κ1) is 13.9. The maximum atomic E-state index is 11.9. The van der Waals surface area contributed by atoms with Crippen LogP contribution in [0.3, 0.4) is 0 Å². The zero-order chi connectivity index (χ0) is 13.8. The number of hydrogen-bond donors (Lipinski definition) is 1. The fourth-order valence-electron chi connectivity index (χ4n) is 2.50. The Bertz CT molecular complexity index is 445. The number of para-hydroxylation sites is 1. The number of nitrogens with zero attached hydrogens (tertiary/aromatic N) is 2. The molecule has 104 valence electrons. The Balaban J connectivity index is 2.04. The van der Waals surface area contributed by atoms with Crippen molar-refractivity contribution in [2.45, 2.75) is 19.4 Å². The molecule has 0 fully saturated rings. The van der Waals surface area contributed by atoms with E-state index in [-0.39, 0.29) is 5.91 Å². The Labute approximate surface area is 115 Å². The molecule has 0 aromatic heterocycles. The minimum Gasteiger partial charge on any atom is -0.383 e. The highest BCUT2D eigenvalue weighted by Crippen LogP contribution is 2.23. The number of carbonyl (C=O) groups is 1. The van der Waals surface area contributed by atoms with E-state index in [1.807, 2.05) is 14.1 Å². The largest absolute Gasteiger partial charge is 0.383 e. The lowest BCUT2D eigenvalue weighted by molar-refractivity contribution is -0.130. The average Bonchev–Trinajstić information content (AvgIpc) is 2.43. The summed E-state index contributed by atoms with van der Waals surface area (Å²) in [6.45, 7) is 4.42. The van der Waals surface area contributed by atoms with Crippen molar-refractivity contribution in [1.29, 1.82) is 0 Å². The molecule has 4 nitrogen and oxygen atoms in total. The Morgan fingerprint density at radius 2 is 2.11 bits per heavy atom. The van der Waals surface area contributed by atoms with Crippen molar-refractivity contribution in [3.63, 3.8) is 0 Å². The van der Waals surface area contributed by atoms with Gasteiger partial charge in [-0.1, -0.05) is 25.1 Å². The van der Waals surface area contributed by atoms with Gasteiger partial charge in [-0.25, -0.2) is 0 Å². The smallest absolute Gasteiger partial charge is 0.236 e. The van der Waals surface area contributed by atoms with Gasteiger partial charge in [-0.05, 0) is 24.6 Å². The number of anilines is 1. The Hall–Kier alpha value is -1.55. The number of fused-ring (bicyclic) bond motifs is 1. The van der Waals surface area contributed by atoms with E-state index >= 15 is 0 Å². The summed E-state index contributed by atoms with van der Waals surface area (Å²) in [6, 6.07) is 8.80. The summed E-state index contributed by atoms with van der Waals surface area (Å²) in [5.74, 6) is 0.167. The molecule has 0 saturated heterocycles. The molecule has 1 N–H and O–H groups in total. The SMILES string of the molecule is CCN(CC(=O)N(C)C)C1CNc2ccccc2C1. The number of amides is 1. The highest BCUT2D eigenvalue weighted by molar-refractivity contribution is 5.77. The van der Waals surface area contributed by atoms with Crippen LogP contribution in [-0.4, -0.2) is 55.5 Å². The van der Waals surface area contributed by atoms with Crippen molar-refractivity contribution in [3.05, 3.63) is 29.8 Å². The van der Waals surface area contributed by atoms with Gasteiger partial charge in [0.05, 0.1) is 6.54 Å². The van der Waals surface area contributed by atoms with Crippen LogP contribution in [-0.2, 0) is 11.2 Å². The first-order valence-electron chi connectivity index (χ1n) is 6.87. The van der Waals surface area contributed by atoms with Gasteiger partial charge in [-0.15, -0.1) is 0 Å². The van der Waals surface area contributed by atoms with E-state index < -0.39 is 0 Å². The number of hydrogen-bond acceptors (Lipinski definition) is 3. The molecule has 2 rings (SSSR count). The van der Waals surface area contributed by atoms with Crippen LogP contribution in [0, 0.1) is 0 Å². The second kappa shape index (κ2) is 6.06. The van der Waals surface area contributed by atoms with Crippen LogP contribution in [0.1, 0.15) is 12.5 Å². The lowest BCUT2D eigenvalue weighted by atomic mass is 9.98. The number of rotatable bonds is 4. The summed E-state index contributed by atoms with van der Waals surface area (Å²) < 4.78 is 0. The van der Waals surface area contributed by atoms with Gasteiger partial charge in [0.1, 0.15) is 0 Å². The van der Waals surface area contributed by atoms with Crippen molar-refractivity contribution in [3.8, 4) is 0 Å². The van der Waals surface area contributed by atoms with Gasteiger partial charge < -0.3 is 10.2 Å². The molecule has 0 saturated carbocycles. The van der Waals surface area contributed by atoms with Gasteiger partial charge in [0.15, 0.2) is 0 Å². The molecule has 0 aliphatic carbocycles. The second-order valence-electron chi connectivity index (χ2n) is 5.25. The molecular weight excluding hydrogens is 238 g/mol. The van der Waals surface area contributed by atoms with Crippen molar-refractivity contribution in [2.24, 2.45) is 0 Å². The third-order valence-corrected chi connectivity index (χ3v) is 3.76. The zero-order valence-electron chi connectivity index (χ0n) is 12.0. The molecule has 1 amide bonds. The van der Waals surface area contributed by atoms with Crippen LogP contribution in [0.25, 0.3) is 0 Å². The molecule has 1 aromatic carbocycles. The van der Waals surface area contributed by atoms with Crippen LogP contribution in [0.5, 0.6) is 0 Å². The van der Waals surface area contributed by atoms with Crippen molar-refractivity contribution >= 4 is 11.6 Å². The van der Waals surface area contributed by atoms with E-state index in [4.69, 9.17) is 0 Å². The van der Waals surface area contributed by atoms with Gasteiger partial charge >= 0.3 is 0 Å². The van der Waals surface area contributed by atoms with Crippen molar-refractivity contribution in [1.82, 2.24) is 9.80 Å². The molecule has 19 heavy (non-hydrogen) atoms. The zero-order valence-corrected chi connectivity index (χ0v) is 12.0. The minimum atomic E-state index is 0.167. The second-order valence-corrected chi connectivity index (χ2v) is 5.25. The molecule has 0 radical (unpaired) electrons. The number of benzene rings is 1. The highest BCUT2D eigenvalue weighted by atomic mass is 16.2. The first-order chi connectivity index (χ1) is 9.11. The molecule has 1 aliphatic heterocycles. The van der Waals surface area contributed by atoms with Crippen molar-refractivity contribution in [2.75, 3.05) is 39.0 Å². The normalized spacial score (nSPS) is 17.8. The lowest BCUT2D eigenvalue weighted by Crippen LogP contribution is -2.48. The van der Waals surface area contributed by atoms with Crippen LogP contribution in [0.2, 0.25) is 0 Å². The minimum absolute atomic E-state index is 0.167. The number of nitrogens with one attached hydrogen (secondary N) is 1. The van der Waals surface area contributed by atoms with E-state index in [2.05, 4.69) is 41.4 Å². The maximum Gasteiger partial charge on any atom is 0.236 e. The molecular formula is C15H23N3O. The van der Waals surface area contributed by atoms with Gasteiger partial charge in [0, 0.05) is 32.4 Å². The van der Waals surface area contributed by atoms with E-state index in [9.17, 15) is 4.79 Å². The average molecular weight is 261 g/mol. The van der Waals surface area contributed by atoms with E-state index in [0.717, 1.165) is 19.5 Å². The van der Waals surface area contributed by atoms with E-state index in [1.54, 1.807) is 4.90 Å². The predicted octanol–water partition coefficient (Wildman–Crippen LogP) is 1.43. The van der Waals surface area contributed by atoms with E-state index in [1.165, 1.54) is 11.3 Å². The van der Waals surface area contributed by atoms with Crippen LogP contribution in [0.4, 0.5) is 5.69 Å². The molecule has 1 aromatic rings. The molecule has 0 bridgehead atoms. The molecule has 1 heterocycles. The fourth-order valence-corrected chi connectivity index (χ4v) is 2.50. The molecule has 1 unspecified atom stereocenters. The summed E-state index contributed by atoms with van der Waals surface area (Å²) in [6.07, 6.45) is 1.01. The molecule has 4 heteroatoms. The van der Waals surface area contributed by atoms with Gasteiger partial charge in [0.2, 0.25) is 5.91 Å². The fraction of sp³-hybridized carbons (Fsp3) is 0.533. The van der Waals surface area contributed by atoms with Crippen LogP contribution >= 0.6 is 0 Å². The standard InChI is InChI=1S/C15H23N3O/c1-4-18(11-15(19)17(2)3)13-9-12-7-5-6-8-14(12)16-10-13/h5-8,13,16H,4,9-11H2,1-3H3. The Morgan fingerprint density at radius 1 is 1.37 bits per heavy atom. The van der Waals surface area contributed by atoms with Crippen LogP contribution < -0.4 is 5.32 Å². The molecule has 0 spiro atoms. The lowest BCUT2D eigenvalue weighted by Gasteiger charge is -2.35. The first-order valence-corrected chi connectivity index (χ1v) is 6.87. The third-order valence-electron chi connectivity index (χ3n) is 3.76. The summed E-state index contributed by atoms with van der Waals surface area (Å²) >= 11 is 0. The summed E-state index contributed by atoms with van der Waals surface area (Å²) in [7, 11) is 3.62. The van der Waals surface area contributed by atoms with Gasteiger partial charge in [0.25, 0.3) is 0 Å².